The number of halogens is 1. The maximum atomic E-state index is 11.7. The van der Waals surface area contributed by atoms with Crippen LogP contribution < -0.4 is 10.6 Å². The number of carbonyl (C=O) groups is 1. The zero-order valence-corrected chi connectivity index (χ0v) is 23.0. The van der Waals surface area contributed by atoms with Gasteiger partial charge in [-0.2, -0.15) is 0 Å². The molecule has 0 aliphatic heterocycles. The highest BCUT2D eigenvalue weighted by Gasteiger charge is 2.06. The van der Waals surface area contributed by atoms with Crippen molar-refractivity contribution in [3.63, 3.8) is 0 Å². The van der Waals surface area contributed by atoms with Crippen molar-refractivity contribution in [2.24, 2.45) is 0 Å². The molecule has 1 aromatic carbocycles. The second-order valence-electron chi connectivity index (χ2n) is 7.47. The van der Waals surface area contributed by atoms with Crippen molar-refractivity contribution in [2.45, 2.75) is 54.2 Å². The SMILES string of the molecule is CC.CC(O)NCCNc1ccc(C(=O)N(C)C)cc1.CC/C(C)=C/c1c(Br)ccnc1C. The van der Waals surface area contributed by atoms with Crippen LogP contribution in [0.2, 0.25) is 0 Å². The molecule has 0 radical (unpaired) electrons. The number of aliphatic hydroxyl groups is 1. The summed E-state index contributed by atoms with van der Waals surface area (Å²) in [6.07, 6.45) is 4.59. The molecule has 1 heterocycles. The number of aryl methyl sites for hydroxylation is 1. The van der Waals surface area contributed by atoms with E-state index >= 15 is 0 Å². The second kappa shape index (κ2) is 17.3. The number of amides is 1. The highest BCUT2D eigenvalue weighted by Crippen LogP contribution is 2.21. The van der Waals surface area contributed by atoms with Gasteiger partial charge in [0.05, 0.1) is 0 Å². The number of nitrogens with one attached hydrogen (secondary N) is 2. The third-order valence-electron chi connectivity index (χ3n) is 4.52. The molecule has 0 bridgehead atoms. The first-order valence-electron chi connectivity index (χ1n) is 11.4. The Labute approximate surface area is 208 Å². The minimum Gasteiger partial charge on any atom is -0.384 e. The first-order valence-corrected chi connectivity index (χ1v) is 12.2. The van der Waals surface area contributed by atoms with Crippen LogP contribution in [0.1, 0.15) is 62.7 Å². The summed E-state index contributed by atoms with van der Waals surface area (Å²) < 4.78 is 1.12. The second-order valence-corrected chi connectivity index (χ2v) is 8.32. The van der Waals surface area contributed by atoms with E-state index in [0.717, 1.165) is 22.3 Å². The molecule has 33 heavy (non-hydrogen) atoms. The Hall–Kier alpha value is -2.22. The summed E-state index contributed by atoms with van der Waals surface area (Å²) in [6.45, 7) is 13.4. The summed E-state index contributed by atoms with van der Waals surface area (Å²) in [5.41, 5.74) is 5.27. The predicted octanol–water partition coefficient (Wildman–Crippen LogP) is 5.72. The molecule has 0 fully saturated rings. The van der Waals surface area contributed by atoms with Gasteiger partial charge in [-0.3, -0.25) is 15.1 Å². The number of rotatable bonds is 8. The average Bonchev–Trinajstić information content (AvgIpc) is 2.80. The van der Waals surface area contributed by atoms with E-state index in [1.807, 2.05) is 45.2 Å². The van der Waals surface area contributed by atoms with Crippen LogP contribution in [0.4, 0.5) is 5.69 Å². The number of hydrogen-bond donors (Lipinski definition) is 3. The van der Waals surface area contributed by atoms with Crippen LogP contribution in [-0.2, 0) is 0 Å². The van der Waals surface area contributed by atoms with Crippen molar-refractivity contribution in [3.8, 4) is 0 Å². The van der Waals surface area contributed by atoms with E-state index in [1.165, 1.54) is 11.1 Å². The van der Waals surface area contributed by atoms with Crippen molar-refractivity contribution < 1.29 is 9.90 Å². The molecule has 0 aliphatic carbocycles. The monoisotopic (exact) mass is 520 g/mol. The molecule has 0 saturated carbocycles. The molecule has 0 aliphatic rings. The van der Waals surface area contributed by atoms with Crippen LogP contribution in [0.3, 0.4) is 0 Å². The Bertz CT molecular complexity index is 830. The lowest BCUT2D eigenvalue weighted by Gasteiger charge is -2.12. The van der Waals surface area contributed by atoms with E-state index in [9.17, 15) is 4.79 Å². The highest BCUT2D eigenvalue weighted by atomic mass is 79.9. The van der Waals surface area contributed by atoms with Crippen molar-refractivity contribution >= 4 is 33.6 Å². The maximum Gasteiger partial charge on any atom is 0.253 e. The first-order chi connectivity index (χ1) is 15.6. The van der Waals surface area contributed by atoms with Gasteiger partial charge in [-0.1, -0.05) is 48.4 Å². The van der Waals surface area contributed by atoms with Crippen molar-refractivity contribution in [2.75, 3.05) is 32.5 Å². The Kier molecular flexibility index (Phi) is 16.1. The molecule has 0 saturated heterocycles. The van der Waals surface area contributed by atoms with E-state index in [4.69, 9.17) is 5.11 Å². The molecule has 3 N–H and O–H groups in total. The molecule has 2 rings (SSSR count). The summed E-state index contributed by atoms with van der Waals surface area (Å²) in [5.74, 6) is -0.00248. The van der Waals surface area contributed by atoms with E-state index < -0.39 is 6.23 Å². The van der Waals surface area contributed by atoms with Crippen molar-refractivity contribution in [1.29, 1.82) is 0 Å². The lowest BCUT2D eigenvalue weighted by atomic mass is 10.1. The van der Waals surface area contributed by atoms with E-state index in [2.05, 4.69) is 51.5 Å². The number of pyridine rings is 1. The molecule has 2 aromatic rings. The summed E-state index contributed by atoms with van der Waals surface area (Å²) >= 11 is 3.52. The molecule has 1 atom stereocenters. The number of carbonyl (C=O) groups excluding carboxylic acids is 1. The van der Waals surface area contributed by atoms with Gasteiger partial charge in [0.1, 0.15) is 6.23 Å². The standard InChI is InChI=1S/C13H21N3O2.C11H14BrN.C2H6/c1-10(17)14-8-9-15-12-6-4-11(5-7-12)13(18)16(2)3;1-4-8(2)7-10-9(3)13-6-5-11(10)12;1-2/h4-7,10,14-15,17H,8-9H2,1-3H3;5-7H,4H2,1-3H3;1-2H3/b;8-7+;. The number of benzene rings is 1. The van der Waals surface area contributed by atoms with Gasteiger partial charge in [0.15, 0.2) is 0 Å². The van der Waals surface area contributed by atoms with Gasteiger partial charge in [0, 0.05) is 60.4 Å². The van der Waals surface area contributed by atoms with Gasteiger partial charge in [-0.15, -0.1) is 0 Å². The third-order valence-corrected chi connectivity index (χ3v) is 5.21. The van der Waals surface area contributed by atoms with Crippen LogP contribution in [-0.4, -0.2) is 54.3 Å². The normalized spacial score (nSPS) is 11.4. The minimum absolute atomic E-state index is 0.00248. The molecule has 1 unspecified atom stereocenters. The fraction of sp³-hybridized carbons (Fsp3) is 0.462. The van der Waals surface area contributed by atoms with Gasteiger partial charge >= 0.3 is 0 Å². The van der Waals surface area contributed by atoms with Gasteiger partial charge in [0.2, 0.25) is 0 Å². The minimum atomic E-state index is -0.494. The summed E-state index contributed by atoms with van der Waals surface area (Å²) in [4.78, 5) is 17.5. The molecular weight excluding hydrogens is 480 g/mol. The molecular formula is C26H41BrN4O2. The lowest BCUT2D eigenvalue weighted by Crippen LogP contribution is -2.30. The molecule has 0 spiro atoms. The Morgan fingerprint density at radius 3 is 2.27 bits per heavy atom. The largest absolute Gasteiger partial charge is 0.384 e. The zero-order valence-electron chi connectivity index (χ0n) is 21.4. The van der Waals surface area contributed by atoms with Gasteiger partial charge < -0.3 is 15.3 Å². The highest BCUT2D eigenvalue weighted by molar-refractivity contribution is 9.10. The number of aromatic nitrogens is 1. The number of hydrogen-bond acceptors (Lipinski definition) is 5. The molecule has 1 amide bonds. The van der Waals surface area contributed by atoms with Crippen LogP contribution in [0.5, 0.6) is 0 Å². The van der Waals surface area contributed by atoms with E-state index in [0.29, 0.717) is 18.7 Å². The summed E-state index contributed by atoms with van der Waals surface area (Å²) in [5, 5.41) is 15.1. The van der Waals surface area contributed by atoms with Crippen molar-refractivity contribution in [1.82, 2.24) is 15.2 Å². The lowest BCUT2D eigenvalue weighted by molar-refractivity contribution is 0.0827. The molecule has 1 aromatic heterocycles. The van der Waals surface area contributed by atoms with Gasteiger partial charge in [-0.05, 0) is 57.5 Å². The number of nitrogens with zero attached hydrogens (tertiary/aromatic N) is 2. The fourth-order valence-corrected chi connectivity index (χ4v) is 3.06. The average molecular weight is 522 g/mol. The smallest absolute Gasteiger partial charge is 0.253 e. The van der Waals surface area contributed by atoms with Crippen LogP contribution in [0.15, 0.2) is 46.6 Å². The third kappa shape index (κ3) is 12.6. The Morgan fingerprint density at radius 2 is 1.79 bits per heavy atom. The van der Waals surface area contributed by atoms with Crippen LogP contribution in [0, 0.1) is 6.92 Å². The van der Waals surface area contributed by atoms with Crippen LogP contribution >= 0.6 is 15.9 Å². The molecule has 6 nitrogen and oxygen atoms in total. The van der Waals surface area contributed by atoms with E-state index in [1.54, 1.807) is 38.1 Å². The van der Waals surface area contributed by atoms with Gasteiger partial charge in [-0.25, -0.2) is 0 Å². The topological polar surface area (TPSA) is 77.5 Å². The molecule has 184 valence electrons. The Balaban J connectivity index is 0.000000602. The summed E-state index contributed by atoms with van der Waals surface area (Å²) in [7, 11) is 3.46. The maximum absolute atomic E-state index is 11.7. The van der Waals surface area contributed by atoms with Crippen molar-refractivity contribution in [3.05, 3.63) is 63.4 Å². The quantitative estimate of drug-likeness (QED) is 0.306. The fourth-order valence-electron chi connectivity index (χ4n) is 2.55. The first kappa shape index (κ1) is 30.8. The van der Waals surface area contributed by atoms with Gasteiger partial charge in [0.25, 0.3) is 5.91 Å². The van der Waals surface area contributed by atoms with E-state index in [-0.39, 0.29) is 5.91 Å². The number of allylic oxidation sites excluding steroid dienone is 1. The number of aliphatic hydroxyl groups excluding tert-OH is 1. The van der Waals surface area contributed by atoms with Crippen LogP contribution in [0.25, 0.3) is 6.08 Å². The molecule has 7 heteroatoms. The summed E-state index contributed by atoms with van der Waals surface area (Å²) in [6, 6.07) is 9.32. The predicted molar refractivity (Wildman–Crippen MR) is 145 cm³/mol. The Morgan fingerprint density at radius 1 is 1.18 bits per heavy atom. The zero-order chi connectivity index (χ0) is 25.4. The number of anilines is 1.